The summed E-state index contributed by atoms with van der Waals surface area (Å²) < 4.78 is 9.92. The van der Waals surface area contributed by atoms with Gasteiger partial charge in [0.25, 0.3) is 11.8 Å². The normalized spacial score (nSPS) is 10.2. The monoisotopic (exact) mass is 262 g/mol. The van der Waals surface area contributed by atoms with Crippen LogP contribution in [0.15, 0.2) is 29.0 Å². The minimum absolute atomic E-state index is 0.0698. The predicted molar refractivity (Wildman–Crippen MR) is 67.4 cm³/mol. The number of anilines is 1. The molecule has 2 heterocycles. The van der Waals surface area contributed by atoms with Crippen LogP contribution in [0.4, 0.5) is 10.7 Å². The lowest BCUT2D eigenvalue weighted by atomic mass is 10.3. The second-order valence-corrected chi connectivity index (χ2v) is 3.78. The fourth-order valence-corrected chi connectivity index (χ4v) is 1.32. The van der Waals surface area contributed by atoms with Crippen molar-refractivity contribution in [2.45, 2.75) is 19.8 Å². The third kappa shape index (κ3) is 3.77. The number of hydrogen-bond acceptors (Lipinski definition) is 6. The summed E-state index contributed by atoms with van der Waals surface area (Å²) in [5.74, 6) is 0.359. The Morgan fingerprint density at radius 3 is 3.16 bits per heavy atom. The Kier molecular flexibility index (Phi) is 4.44. The molecule has 0 saturated heterocycles. The van der Waals surface area contributed by atoms with Crippen molar-refractivity contribution in [2.24, 2.45) is 0 Å². The van der Waals surface area contributed by atoms with E-state index in [-0.39, 0.29) is 11.8 Å². The Morgan fingerprint density at radius 1 is 1.53 bits per heavy atom. The van der Waals surface area contributed by atoms with Gasteiger partial charge in [-0.3, -0.25) is 10.3 Å². The number of unbranched alkanes of at least 4 members (excludes halogenated alkanes) is 1. The van der Waals surface area contributed by atoms with Gasteiger partial charge < -0.3 is 9.26 Å². The van der Waals surface area contributed by atoms with Crippen molar-refractivity contribution < 1.29 is 14.1 Å². The van der Waals surface area contributed by atoms with Crippen LogP contribution >= 0.6 is 0 Å². The number of hydrogen-bond donors (Lipinski definition) is 1. The van der Waals surface area contributed by atoms with Crippen molar-refractivity contribution in [1.29, 1.82) is 0 Å². The van der Waals surface area contributed by atoms with E-state index in [1.54, 1.807) is 24.5 Å². The van der Waals surface area contributed by atoms with Crippen LogP contribution in [0.3, 0.4) is 0 Å². The van der Waals surface area contributed by atoms with Gasteiger partial charge in [-0.05, 0) is 23.7 Å². The van der Waals surface area contributed by atoms with E-state index in [1.165, 1.54) is 0 Å². The number of nitrogens with zero attached hydrogens (tertiary/aromatic N) is 3. The van der Waals surface area contributed by atoms with Crippen molar-refractivity contribution >= 4 is 12.0 Å². The number of aromatic nitrogens is 3. The Labute approximate surface area is 110 Å². The van der Waals surface area contributed by atoms with Gasteiger partial charge in [0.05, 0.1) is 12.2 Å². The van der Waals surface area contributed by atoms with Crippen molar-refractivity contribution in [3.63, 3.8) is 0 Å². The molecule has 1 amide bonds. The molecule has 0 aliphatic rings. The topological polar surface area (TPSA) is 90.1 Å². The maximum atomic E-state index is 11.4. The van der Waals surface area contributed by atoms with Gasteiger partial charge in [0, 0.05) is 12.4 Å². The SMILES string of the molecule is CCCCOC(=O)Nc1noc(-c2cccnc2)n1. The quantitative estimate of drug-likeness (QED) is 0.832. The molecule has 0 radical (unpaired) electrons. The van der Waals surface area contributed by atoms with E-state index in [1.807, 2.05) is 6.92 Å². The summed E-state index contributed by atoms with van der Waals surface area (Å²) in [4.78, 5) is 19.3. The van der Waals surface area contributed by atoms with Crippen molar-refractivity contribution in [1.82, 2.24) is 15.1 Å². The Hall–Kier alpha value is -2.44. The third-order valence-electron chi connectivity index (χ3n) is 2.28. The van der Waals surface area contributed by atoms with Crippen LogP contribution in [0, 0.1) is 0 Å². The number of amides is 1. The molecule has 0 aromatic carbocycles. The van der Waals surface area contributed by atoms with Gasteiger partial charge in [-0.25, -0.2) is 4.79 Å². The molecule has 0 unspecified atom stereocenters. The lowest BCUT2D eigenvalue weighted by molar-refractivity contribution is 0.159. The first-order valence-corrected chi connectivity index (χ1v) is 5.97. The molecule has 2 rings (SSSR count). The zero-order chi connectivity index (χ0) is 13.5. The fourth-order valence-electron chi connectivity index (χ4n) is 1.32. The van der Waals surface area contributed by atoms with Crippen LogP contribution in [0.1, 0.15) is 19.8 Å². The summed E-state index contributed by atoms with van der Waals surface area (Å²) >= 11 is 0. The van der Waals surface area contributed by atoms with Gasteiger partial charge in [-0.2, -0.15) is 4.98 Å². The zero-order valence-corrected chi connectivity index (χ0v) is 10.5. The second kappa shape index (κ2) is 6.48. The van der Waals surface area contributed by atoms with Crippen LogP contribution in [-0.2, 0) is 4.74 Å². The van der Waals surface area contributed by atoms with Crippen LogP contribution in [-0.4, -0.2) is 27.8 Å². The summed E-state index contributed by atoms with van der Waals surface area (Å²) in [6, 6.07) is 3.54. The van der Waals surface area contributed by atoms with E-state index < -0.39 is 6.09 Å². The molecule has 19 heavy (non-hydrogen) atoms. The van der Waals surface area contributed by atoms with Gasteiger partial charge in [-0.15, -0.1) is 0 Å². The lowest BCUT2D eigenvalue weighted by Gasteiger charge is -2.01. The number of pyridine rings is 1. The molecule has 0 aliphatic carbocycles. The summed E-state index contributed by atoms with van der Waals surface area (Å²) in [6.07, 6.45) is 4.43. The van der Waals surface area contributed by atoms with E-state index in [2.05, 4.69) is 20.4 Å². The summed E-state index contributed by atoms with van der Waals surface area (Å²) in [5, 5.41) is 6.03. The van der Waals surface area contributed by atoms with Gasteiger partial charge in [0.15, 0.2) is 0 Å². The molecule has 2 aromatic rings. The van der Waals surface area contributed by atoms with Crippen LogP contribution < -0.4 is 5.32 Å². The molecular weight excluding hydrogens is 248 g/mol. The molecule has 100 valence electrons. The van der Waals surface area contributed by atoms with E-state index in [0.29, 0.717) is 12.2 Å². The number of ether oxygens (including phenoxy) is 1. The average Bonchev–Trinajstić information content (AvgIpc) is 2.88. The first-order valence-electron chi connectivity index (χ1n) is 5.97. The highest BCUT2D eigenvalue weighted by molar-refractivity contribution is 5.82. The van der Waals surface area contributed by atoms with Gasteiger partial charge in [0.2, 0.25) is 0 Å². The standard InChI is InChI=1S/C12H14N4O3/c1-2-3-7-18-12(17)15-11-14-10(19-16-11)9-5-4-6-13-8-9/h4-6,8H,2-3,7H2,1H3,(H,15,16,17). The molecule has 0 fully saturated rings. The molecule has 0 atom stereocenters. The summed E-state index contributed by atoms with van der Waals surface area (Å²) in [7, 11) is 0. The van der Waals surface area contributed by atoms with Crippen LogP contribution in [0.2, 0.25) is 0 Å². The highest BCUT2D eigenvalue weighted by atomic mass is 16.5. The average molecular weight is 262 g/mol. The van der Waals surface area contributed by atoms with Crippen molar-refractivity contribution in [3.05, 3.63) is 24.5 Å². The molecular formula is C12H14N4O3. The minimum Gasteiger partial charge on any atom is -0.449 e. The number of rotatable bonds is 5. The van der Waals surface area contributed by atoms with Crippen molar-refractivity contribution in [3.8, 4) is 11.5 Å². The zero-order valence-electron chi connectivity index (χ0n) is 10.5. The first-order chi connectivity index (χ1) is 9.29. The molecule has 0 saturated carbocycles. The molecule has 0 aliphatic heterocycles. The summed E-state index contributed by atoms with van der Waals surface area (Å²) in [5.41, 5.74) is 0.683. The molecule has 7 nitrogen and oxygen atoms in total. The van der Waals surface area contributed by atoms with E-state index in [4.69, 9.17) is 9.26 Å². The molecule has 7 heteroatoms. The molecule has 0 bridgehead atoms. The highest BCUT2D eigenvalue weighted by Gasteiger charge is 2.11. The van der Waals surface area contributed by atoms with Crippen LogP contribution in [0.5, 0.6) is 0 Å². The van der Waals surface area contributed by atoms with Gasteiger partial charge in [0.1, 0.15) is 0 Å². The second-order valence-electron chi connectivity index (χ2n) is 3.78. The van der Waals surface area contributed by atoms with E-state index in [9.17, 15) is 4.79 Å². The highest BCUT2D eigenvalue weighted by Crippen LogP contribution is 2.16. The van der Waals surface area contributed by atoms with E-state index in [0.717, 1.165) is 12.8 Å². The Balaban J connectivity index is 1.93. The third-order valence-corrected chi connectivity index (χ3v) is 2.28. The number of carbonyl (C=O) groups excluding carboxylic acids is 1. The maximum Gasteiger partial charge on any atom is 0.414 e. The Bertz CT molecular complexity index is 527. The van der Waals surface area contributed by atoms with Gasteiger partial charge >= 0.3 is 6.09 Å². The molecule has 2 aromatic heterocycles. The fraction of sp³-hybridized carbons (Fsp3) is 0.333. The lowest BCUT2D eigenvalue weighted by Crippen LogP contribution is -2.15. The van der Waals surface area contributed by atoms with E-state index >= 15 is 0 Å². The number of nitrogens with one attached hydrogen (secondary N) is 1. The van der Waals surface area contributed by atoms with Crippen molar-refractivity contribution in [2.75, 3.05) is 11.9 Å². The number of carbonyl (C=O) groups is 1. The van der Waals surface area contributed by atoms with Gasteiger partial charge in [-0.1, -0.05) is 13.3 Å². The minimum atomic E-state index is -0.591. The maximum absolute atomic E-state index is 11.4. The summed E-state index contributed by atoms with van der Waals surface area (Å²) in [6.45, 7) is 2.39. The largest absolute Gasteiger partial charge is 0.449 e. The molecule has 0 spiro atoms. The Morgan fingerprint density at radius 2 is 2.42 bits per heavy atom. The first kappa shape index (κ1) is 13.0. The predicted octanol–water partition coefficient (Wildman–Crippen LogP) is 2.48. The molecule has 1 N–H and O–H groups in total. The van der Waals surface area contributed by atoms with Crippen LogP contribution in [0.25, 0.3) is 11.5 Å². The smallest absolute Gasteiger partial charge is 0.414 e.